The Morgan fingerprint density at radius 2 is 1.88 bits per heavy atom. The van der Waals surface area contributed by atoms with Crippen molar-refractivity contribution in [2.75, 3.05) is 23.0 Å². The summed E-state index contributed by atoms with van der Waals surface area (Å²) < 4.78 is 6.64. The summed E-state index contributed by atoms with van der Waals surface area (Å²) in [5.74, 6) is -0.362. The van der Waals surface area contributed by atoms with Gasteiger partial charge in [0, 0.05) is 42.3 Å². The van der Waals surface area contributed by atoms with Crippen molar-refractivity contribution in [3.63, 3.8) is 0 Å². The zero-order valence-electron chi connectivity index (χ0n) is 19.9. The van der Waals surface area contributed by atoms with Crippen molar-refractivity contribution >= 4 is 31.5 Å². The van der Waals surface area contributed by atoms with Crippen molar-refractivity contribution in [1.82, 2.24) is 0 Å². The third-order valence-corrected chi connectivity index (χ3v) is 10.2. The molecule has 2 amide bonds. The second-order valence-electron chi connectivity index (χ2n) is 10.2. The summed E-state index contributed by atoms with van der Waals surface area (Å²) in [7, 11) is -2.74. The molecular formula is C26H32N2O5Si. The van der Waals surface area contributed by atoms with E-state index in [1.54, 1.807) is 9.80 Å². The highest BCUT2D eigenvalue weighted by molar-refractivity contribution is 6.71. The second kappa shape index (κ2) is 8.30. The lowest BCUT2D eigenvalue weighted by Crippen LogP contribution is -2.46. The molecular weight excluding hydrogens is 448 g/mol. The van der Waals surface area contributed by atoms with Crippen molar-refractivity contribution in [2.45, 2.75) is 56.7 Å². The van der Waals surface area contributed by atoms with Crippen LogP contribution < -0.4 is 9.80 Å². The Morgan fingerprint density at radius 1 is 1.15 bits per heavy atom. The number of amides is 2. The number of hydrogen-bond donors (Lipinski definition) is 2. The van der Waals surface area contributed by atoms with Gasteiger partial charge in [-0.3, -0.25) is 9.59 Å². The summed E-state index contributed by atoms with van der Waals surface area (Å²) in [5, 5.41) is 9.74. The summed E-state index contributed by atoms with van der Waals surface area (Å²) in [6.07, 6.45) is 0.466. The van der Waals surface area contributed by atoms with E-state index in [4.69, 9.17) is 4.74 Å². The van der Waals surface area contributed by atoms with Crippen LogP contribution in [0.5, 0.6) is 0 Å². The first-order valence-electron chi connectivity index (χ1n) is 12.0. The minimum atomic E-state index is -2.74. The molecule has 3 aliphatic rings. The summed E-state index contributed by atoms with van der Waals surface area (Å²) in [4.78, 5) is 41.1. The average molecular weight is 481 g/mol. The van der Waals surface area contributed by atoms with Crippen LogP contribution in [0.4, 0.5) is 11.4 Å². The maximum Gasteiger partial charge on any atom is 0.264 e. The topological polar surface area (TPSA) is 90.3 Å². The van der Waals surface area contributed by atoms with Crippen LogP contribution in [0.1, 0.15) is 30.9 Å². The van der Waals surface area contributed by atoms with E-state index in [9.17, 15) is 19.5 Å². The highest BCUT2D eigenvalue weighted by Crippen LogP contribution is 2.60. The van der Waals surface area contributed by atoms with Crippen molar-refractivity contribution < 1.29 is 24.2 Å². The number of anilines is 2. The number of carbonyl (C=O) groups is 2. The molecule has 0 saturated carbocycles. The molecule has 2 N–H and O–H groups in total. The van der Waals surface area contributed by atoms with Gasteiger partial charge in [0.15, 0.2) is 13.9 Å². The smallest absolute Gasteiger partial charge is 0.264 e. The van der Waals surface area contributed by atoms with E-state index in [-0.39, 0.29) is 29.9 Å². The van der Waals surface area contributed by atoms with E-state index in [1.807, 2.05) is 68.5 Å². The predicted molar refractivity (Wildman–Crippen MR) is 132 cm³/mol. The lowest BCUT2D eigenvalue weighted by atomic mass is 9.82. The van der Waals surface area contributed by atoms with Gasteiger partial charge in [-0.2, -0.15) is 0 Å². The number of hydrogen-bond acceptors (Lipinski definition) is 5. The number of ether oxygens (including phenoxy) is 1. The SMILES string of the molecule is C[C@H]1[C@H]([Si](C)(C)O)[C@@H](CCO)O[C@]12C(=O)N(Cc1ccccc1)c1ccc(N3CCC3=O)cc12. The number of benzene rings is 2. The largest absolute Gasteiger partial charge is 0.432 e. The molecule has 0 aromatic heterocycles. The van der Waals surface area contributed by atoms with Gasteiger partial charge < -0.3 is 24.4 Å². The van der Waals surface area contributed by atoms with E-state index in [0.29, 0.717) is 25.9 Å². The molecule has 1 spiro atoms. The van der Waals surface area contributed by atoms with Crippen molar-refractivity contribution in [2.24, 2.45) is 5.92 Å². The summed E-state index contributed by atoms with van der Waals surface area (Å²) >= 11 is 0. The number of β-lactam (4-membered cyclic amide) rings is 1. The zero-order chi connectivity index (χ0) is 24.3. The molecule has 4 atom stereocenters. The molecule has 2 fully saturated rings. The fraction of sp³-hybridized carbons (Fsp3) is 0.462. The first kappa shape index (κ1) is 23.2. The number of carbonyl (C=O) groups excluding carboxylic acids is 2. The monoisotopic (exact) mass is 480 g/mol. The van der Waals surface area contributed by atoms with Gasteiger partial charge in [-0.1, -0.05) is 37.3 Å². The van der Waals surface area contributed by atoms with E-state index in [0.717, 1.165) is 22.5 Å². The van der Waals surface area contributed by atoms with Crippen LogP contribution in [-0.4, -0.2) is 49.3 Å². The van der Waals surface area contributed by atoms with Crippen molar-refractivity contribution in [1.29, 1.82) is 0 Å². The van der Waals surface area contributed by atoms with E-state index in [1.165, 1.54) is 0 Å². The molecule has 3 aliphatic heterocycles. The van der Waals surface area contributed by atoms with E-state index >= 15 is 0 Å². The van der Waals surface area contributed by atoms with Gasteiger partial charge in [0.2, 0.25) is 5.91 Å². The van der Waals surface area contributed by atoms with Gasteiger partial charge in [0.25, 0.3) is 5.91 Å². The molecule has 8 heteroatoms. The third kappa shape index (κ3) is 3.43. The molecule has 3 heterocycles. The molecule has 2 saturated heterocycles. The van der Waals surface area contributed by atoms with Crippen LogP contribution >= 0.6 is 0 Å². The Morgan fingerprint density at radius 3 is 2.47 bits per heavy atom. The Kier molecular flexibility index (Phi) is 5.67. The Labute approximate surface area is 201 Å². The summed E-state index contributed by atoms with van der Waals surface area (Å²) in [6, 6.07) is 15.6. The third-order valence-electron chi connectivity index (χ3n) is 7.73. The maximum absolute atomic E-state index is 14.2. The van der Waals surface area contributed by atoms with Gasteiger partial charge in [0.1, 0.15) is 0 Å². The highest BCUT2D eigenvalue weighted by Gasteiger charge is 2.66. The number of nitrogens with zero attached hydrogens (tertiary/aromatic N) is 2. The van der Waals surface area contributed by atoms with E-state index < -0.39 is 20.0 Å². The molecule has 0 unspecified atom stereocenters. The van der Waals surface area contributed by atoms with Crippen LogP contribution in [-0.2, 0) is 26.5 Å². The summed E-state index contributed by atoms with van der Waals surface area (Å²) in [5.41, 5.74) is 1.82. The second-order valence-corrected chi connectivity index (χ2v) is 14.2. The predicted octanol–water partition coefficient (Wildman–Crippen LogP) is 3.15. The average Bonchev–Trinajstić information content (AvgIpc) is 3.21. The fourth-order valence-corrected chi connectivity index (χ4v) is 8.74. The molecule has 7 nitrogen and oxygen atoms in total. The molecule has 2 aromatic rings. The minimum absolute atomic E-state index is 0.0692. The van der Waals surface area contributed by atoms with Crippen LogP contribution in [0.25, 0.3) is 0 Å². The van der Waals surface area contributed by atoms with Crippen LogP contribution in [0.2, 0.25) is 18.6 Å². The Bertz CT molecular complexity index is 1120. The van der Waals surface area contributed by atoms with Gasteiger partial charge in [0.05, 0.1) is 18.3 Å². The van der Waals surface area contributed by atoms with Gasteiger partial charge in [-0.25, -0.2) is 0 Å². The Balaban J connectivity index is 1.64. The first-order valence-corrected chi connectivity index (χ1v) is 15.0. The van der Waals surface area contributed by atoms with Crippen LogP contribution in [0.3, 0.4) is 0 Å². The molecule has 5 rings (SSSR count). The van der Waals surface area contributed by atoms with E-state index in [2.05, 4.69) is 0 Å². The molecule has 2 aromatic carbocycles. The van der Waals surface area contributed by atoms with Crippen molar-refractivity contribution in [3.8, 4) is 0 Å². The Hall–Kier alpha value is -2.52. The first-order chi connectivity index (χ1) is 16.2. The standard InChI is InChI=1S/C26H32N2O5Si/c1-17-24(34(2,3)32)22(12-14-29)33-26(17)20-15-19(27-13-11-23(27)30)9-10-21(20)28(25(26)31)16-18-7-5-4-6-8-18/h4-10,15,17,22,24,29,32H,11-14,16H2,1-3H3/t17-,22+,24-,26+/m0/s1. The number of fused-ring (bicyclic) bond motifs is 2. The molecule has 0 aliphatic carbocycles. The zero-order valence-corrected chi connectivity index (χ0v) is 20.9. The quantitative estimate of drug-likeness (QED) is 0.490. The highest BCUT2D eigenvalue weighted by atomic mass is 28.4. The molecule has 0 radical (unpaired) electrons. The lowest BCUT2D eigenvalue weighted by molar-refractivity contribution is -0.146. The molecule has 0 bridgehead atoms. The lowest BCUT2D eigenvalue weighted by Gasteiger charge is -2.33. The fourth-order valence-electron chi connectivity index (χ4n) is 6.14. The summed E-state index contributed by atoms with van der Waals surface area (Å²) in [6.45, 7) is 6.72. The number of aliphatic hydroxyl groups is 1. The minimum Gasteiger partial charge on any atom is -0.432 e. The number of aliphatic hydroxyl groups excluding tert-OH is 1. The van der Waals surface area contributed by atoms with Gasteiger partial charge >= 0.3 is 0 Å². The van der Waals surface area contributed by atoms with Gasteiger partial charge in [-0.15, -0.1) is 0 Å². The molecule has 34 heavy (non-hydrogen) atoms. The van der Waals surface area contributed by atoms with Gasteiger partial charge in [-0.05, 0) is 43.3 Å². The van der Waals surface area contributed by atoms with Crippen molar-refractivity contribution in [3.05, 3.63) is 59.7 Å². The normalized spacial score (nSPS) is 28.6. The molecule has 180 valence electrons. The number of rotatable bonds is 6. The van der Waals surface area contributed by atoms with Crippen LogP contribution in [0.15, 0.2) is 48.5 Å². The van der Waals surface area contributed by atoms with Crippen LogP contribution in [0, 0.1) is 5.92 Å². The maximum atomic E-state index is 14.2.